The lowest BCUT2D eigenvalue weighted by Gasteiger charge is -2.34. The lowest BCUT2D eigenvalue weighted by Crippen LogP contribution is -2.41. The van der Waals surface area contributed by atoms with E-state index >= 15 is 4.79 Å². The standard InChI is InChI=1S/C38H39FN8O5.C20H21N3O5.C18H20FN5O.ClH/c1-20-15-27(16-21(2)32(20)39)47-33(45-12-10-40-36(45)49)31-23(4)44(11-7-28(31)42-47)34(48)30-18-26-17-25(24-8-13-51-14-9-24)5-6-29(26)46(30)38(19-22(38)3)35-41-37(50)52-43-35;1-11-10-20(11,18-21-19(26)28-22-18)23-15-3-2-13(12-4-6-27-7-5-12)8-14(15)9-16(23)17(24)25;1-10-8-13(9-11(2)16(10)19)24-17(23-7-6-21-18(23)25)15-12(3)20-5-4-14(15)22-24;/h5-6,10,12,15-18,22-24H,7-9,11,13-14,19H2,1-4H3,(H,40,49)(H,41,43,50);2-3,8-9,11-12H,4-7,10H2,1H3,(H,24,25)(H,21,22,26);6-9,12,20H,4-5H2,1-3H3,(H,21,25);1H/t22-,23-,38-;11-,20-;12-;/m000./s1. The summed E-state index contributed by atoms with van der Waals surface area (Å²) in [6.07, 6.45) is 12.9. The van der Waals surface area contributed by atoms with Gasteiger partial charge in [0.1, 0.15) is 45.7 Å². The van der Waals surface area contributed by atoms with Crippen LogP contribution in [0.25, 0.3) is 44.8 Å². The molecule has 30 heteroatoms. The molecule has 2 aliphatic carbocycles. The van der Waals surface area contributed by atoms with Crippen LogP contribution in [0.3, 0.4) is 0 Å². The zero-order valence-electron chi connectivity index (χ0n) is 59.7. The molecule has 2 saturated heterocycles. The lowest BCUT2D eigenvalue weighted by atomic mass is 9.91. The molecule has 552 valence electrons. The first-order valence-electron chi connectivity index (χ1n) is 35.7. The molecule has 4 fully saturated rings. The number of aromatic nitrogens is 14. The topological polar surface area (TPSA) is 327 Å². The Bertz CT molecular complexity index is 5640. The van der Waals surface area contributed by atoms with Gasteiger partial charge in [0.2, 0.25) is 0 Å². The summed E-state index contributed by atoms with van der Waals surface area (Å²) in [7, 11) is 0. The zero-order valence-corrected chi connectivity index (χ0v) is 60.5. The number of imidazole rings is 2. The van der Waals surface area contributed by atoms with Gasteiger partial charge < -0.3 is 43.9 Å². The number of rotatable bonds is 12. The first kappa shape index (κ1) is 70.9. The van der Waals surface area contributed by atoms with E-state index < -0.39 is 34.6 Å². The van der Waals surface area contributed by atoms with Crippen molar-refractivity contribution in [1.29, 1.82) is 0 Å². The molecule has 12 aromatic rings. The highest BCUT2D eigenvalue weighted by Crippen LogP contribution is 2.57. The zero-order chi connectivity index (χ0) is 73.2. The van der Waals surface area contributed by atoms with Crippen molar-refractivity contribution >= 4 is 46.1 Å². The van der Waals surface area contributed by atoms with Gasteiger partial charge in [-0.2, -0.15) is 10.2 Å². The van der Waals surface area contributed by atoms with Gasteiger partial charge in [-0.15, -0.1) is 12.4 Å². The summed E-state index contributed by atoms with van der Waals surface area (Å²) in [6.45, 7) is 19.2. The van der Waals surface area contributed by atoms with Gasteiger partial charge in [-0.25, -0.2) is 42.1 Å². The summed E-state index contributed by atoms with van der Waals surface area (Å²) in [5.74, 6) is -0.0618. The average Bonchev–Trinajstić information content (AvgIpc) is 1.54. The summed E-state index contributed by atoms with van der Waals surface area (Å²) in [6, 6.07) is 22.8. The Morgan fingerprint density at radius 2 is 1.02 bits per heavy atom. The summed E-state index contributed by atoms with van der Waals surface area (Å²) in [5, 5.41) is 32.8. The Morgan fingerprint density at radius 3 is 1.43 bits per heavy atom. The van der Waals surface area contributed by atoms with Gasteiger partial charge in [0.15, 0.2) is 11.6 Å². The fourth-order valence-electron chi connectivity index (χ4n) is 16.9. The van der Waals surface area contributed by atoms with Crippen molar-refractivity contribution in [2.24, 2.45) is 11.8 Å². The monoisotopic (exact) mass is 1470 g/mol. The van der Waals surface area contributed by atoms with Gasteiger partial charge >= 0.3 is 28.9 Å². The molecular weight excluding hydrogens is 1390 g/mol. The molecule has 27 nitrogen and oxygen atoms in total. The fraction of sp³-hybridized carbons (Fsp3) is 0.395. The number of carboxylic acid groups (broad SMARTS) is 1. The van der Waals surface area contributed by atoms with Crippen LogP contribution >= 0.6 is 12.4 Å². The Balaban J connectivity index is 0.000000140. The van der Waals surface area contributed by atoms with E-state index in [0.717, 1.165) is 115 Å². The second kappa shape index (κ2) is 27.3. The normalized spacial score (nSPS) is 21.4. The third-order valence-electron chi connectivity index (χ3n) is 22.5. The molecule has 8 aromatic heterocycles. The average molecular weight is 1470 g/mol. The van der Waals surface area contributed by atoms with Crippen LogP contribution in [0.2, 0.25) is 0 Å². The highest BCUT2D eigenvalue weighted by atomic mass is 35.5. The number of H-pyrrole nitrogens is 4. The van der Waals surface area contributed by atoms with Crippen molar-refractivity contribution in [3.05, 3.63) is 230 Å². The lowest BCUT2D eigenvalue weighted by molar-refractivity contribution is 0.0660. The maximum atomic E-state index is 15.1. The van der Waals surface area contributed by atoms with Crippen LogP contribution in [-0.4, -0.2) is 129 Å². The Hall–Kier alpha value is -10.8. The maximum Gasteiger partial charge on any atom is 0.438 e. The molecule has 1 amide bonds. The number of carbonyl (C=O) groups excluding carboxylic acids is 1. The van der Waals surface area contributed by atoms with Crippen molar-refractivity contribution in [2.45, 2.75) is 142 Å². The highest BCUT2D eigenvalue weighted by molar-refractivity contribution is 6.00. The molecule has 12 heterocycles. The molecule has 4 aromatic carbocycles. The minimum Gasteiger partial charge on any atom is -0.477 e. The van der Waals surface area contributed by atoms with Crippen LogP contribution in [0, 0.1) is 51.2 Å². The largest absolute Gasteiger partial charge is 0.477 e. The van der Waals surface area contributed by atoms with Crippen molar-refractivity contribution in [3.63, 3.8) is 0 Å². The van der Waals surface area contributed by atoms with Gasteiger partial charge in [-0.05, 0) is 198 Å². The summed E-state index contributed by atoms with van der Waals surface area (Å²) in [5.41, 5.74) is 9.56. The van der Waals surface area contributed by atoms with E-state index in [0.29, 0.717) is 94.6 Å². The number of nitrogens with zero attached hydrogens (tertiary/aromatic N) is 11. The summed E-state index contributed by atoms with van der Waals surface area (Å²) < 4.78 is 59.9. The van der Waals surface area contributed by atoms with E-state index in [1.165, 1.54) is 15.7 Å². The van der Waals surface area contributed by atoms with Crippen LogP contribution in [0.15, 0.2) is 126 Å². The second-order valence-electron chi connectivity index (χ2n) is 29.0. The van der Waals surface area contributed by atoms with Crippen LogP contribution in [0.5, 0.6) is 0 Å². The van der Waals surface area contributed by atoms with Crippen molar-refractivity contribution in [1.82, 2.24) is 78.3 Å². The molecule has 0 spiro atoms. The van der Waals surface area contributed by atoms with Gasteiger partial charge in [0, 0.05) is 116 Å². The number of hydrogen-bond acceptors (Lipinski definition) is 15. The molecule has 4 aliphatic heterocycles. The number of benzene rings is 4. The number of aromatic amines is 4. The van der Waals surface area contributed by atoms with Crippen molar-refractivity contribution < 1.29 is 42.0 Å². The molecule has 0 bridgehead atoms. The first-order valence-corrected chi connectivity index (χ1v) is 35.7. The van der Waals surface area contributed by atoms with E-state index in [9.17, 15) is 37.9 Å². The van der Waals surface area contributed by atoms with Crippen LogP contribution < -0.4 is 28.2 Å². The molecular formula is C76H81ClF2N16O11. The fourth-order valence-corrected chi connectivity index (χ4v) is 16.9. The predicted octanol–water partition coefficient (Wildman–Crippen LogP) is 10.6. The minimum atomic E-state index is -1.01. The number of fused-ring (bicyclic) bond motifs is 4. The molecule has 6 aliphatic rings. The number of aromatic carboxylic acids is 1. The molecule has 6 atom stereocenters. The Morgan fingerprint density at radius 1 is 0.585 bits per heavy atom. The van der Waals surface area contributed by atoms with Crippen molar-refractivity contribution in [2.75, 3.05) is 39.5 Å². The third-order valence-corrected chi connectivity index (χ3v) is 22.5. The quantitative estimate of drug-likeness (QED) is 0.0662. The summed E-state index contributed by atoms with van der Waals surface area (Å²) >= 11 is 0. The number of carboxylic acids is 1. The van der Waals surface area contributed by atoms with Gasteiger partial charge in [-0.3, -0.25) is 32.9 Å². The Kier molecular flexibility index (Phi) is 18.3. The Labute approximate surface area is 609 Å². The number of amides is 1. The van der Waals surface area contributed by atoms with Gasteiger partial charge in [0.25, 0.3) is 5.91 Å². The SMILES string of the molecule is C[C@H]1C[C@]1(c1noc(=O)[nH]1)n1c(C(=O)O)cc2cc(C3CCOCC3)ccc21.Cc1cc(-n2nc3c(c2-n2cc[nH]c2=O)[C@H](C)N(C(=O)c2cc4cc(C5CCOCC5)ccc4n2[C@@]2(c4noc(=O)[nH]4)C[C@@H]2C)CC3)cc(C)c1F.Cc1cc(-n2nc3c(c2-n2cc[nH]c2=O)[C@H](C)NCC3)cc(C)c1F.Cl. The van der Waals surface area contributed by atoms with E-state index in [-0.39, 0.29) is 64.9 Å². The number of carbonyl (C=O) groups is 2. The van der Waals surface area contributed by atoms with Crippen LogP contribution in [0.4, 0.5) is 8.78 Å². The second-order valence-corrected chi connectivity index (χ2v) is 29.0. The summed E-state index contributed by atoms with van der Waals surface area (Å²) in [4.78, 5) is 89.0. The number of ether oxygens (including phenoxy) is 2. The first-order chi connectivity index (χ1) is 50.5. The molecule has 106 heavy (non-hydrogen) atoms. The number of nitrogens with one attached hydrogen (secondary N) is 5. The van der Waals surface area contributed by atoms with E-state index in [1.54, 1.807) is 101 Å². The molecule has 0 radical (unpaired) electrons. The molecule has 18 rings (SSSR count). The number of halogens is 3. The molecule has 6 N–H and O–H groups in total. The number of hydrogen-bond donors (Lipinski definition) is 6. The van der Waals surface area contributed by atoms with E-state index in [2.05, 4.69) is 79.7 Å². The van der Waals surface area contributed by atoms with E-state index in [4.69, 9.17) is 28.7 Å². The third kappa shape index (κ3) is 11.9. The number of aryl methyl sites for hydroxylation is 4. The van der Waals surface area contributed by atoms with Crippen LogP contribution in [0.1, 0.15) is 179 Å². The maximum absolute atomic E-state index is 15.1. The van der Waals surface area contributed by atoms with Crippen LogP contribution in [-0.2, 0) is 33.4 Å². The van der Waals surface area contributed by atoms with E-state index in [1.807, 2.05) is 35.4 Å². The van der Waals surface area contributed by atoms with Gasteiger partial charge in [0.05, 0.1) is 28.8 Å². The molecule has 0 unspecified atom stereocenters. The highest BCUT2D eigenvalue weighted by Gasteiger charge is 2.60. The minimum absolute atomic E-state index is 0. The van der Waals surface area contributed by atoms with Crippen molar-refractivity contribution in [3.8, 4) is 23.0 Å². The smallest absolute Gasteiger partial charge is 0.438 e. The predicted molar refractivity (Wildman–Crippen MR) is 389 cm³/mol. The van der Waals surface area contributed by atoms with Gasteiger partial charge in [-0.1, -0.05) is 36.3 Å². The molecule has 2 saturated carbocycles.